The molecule has 33 heavy (non-hydrogen) atoms. The second kappa shape index (κ2) is 8.58. The van der Waals surface area contributed by atoms with Gasteiger partial charge in [0.05, 0.1) is 24.1 Å². The van der Waals surface area contributed by atoms with Gasteiger partial charge < -0.3 is 21.3 Å². The van der Waals surface area contributed by atoms with Crippen LogP contribution in [0.5, 0.6) is 0 Å². The van der Waals surface area contributed by atoms with Crippen molar-refractivity contribution in [2.45, 2.75) is 25.4 Å². The number of halogens is 2. The number of aryl methyl sites for hydroxylation is 1. The fraction of sp³-hybridized carbons (Fsp3) is 0.273. The zero-order valence-electron chi connectivity index (χ0n) is 18.4. The molecule has 2 atom stereocenters. The van der Waals surface area contributed by atoms with Gasteiger partial charge in [-0.15, -0.1) is 0 Å². The van der Waals surface area contributed by atoms with Crippen LogP contribution in [0.3, 0.4) is 0 Å². The van der Waals surface area contributed by atoms with Crippen molar-refractivity contribution in [1.29, 1.82) is 0 Å². The average Bonchev–Trinajstić information content (AvgIpc) is 3.22. The van der Waals surface area contributed by atoms with Gasteiger partial charge in [0.25, 0.3) is 0 Å². The topological polar surface area (TPSA) is 119 Å². The molecular formula is C22H24F2N8O. The monoisotopic (exact) mass is 454 g/mol. The first-order valence-electron chi connectivity index (χ1n) is 10.3. The molecule has 0 saturated carbocycles. The number of carbonyl (C=O) groups excluding carboxylic acids is 1. The van der Waals surface area contributed by atoms with Crippen LogP contribution in [0.15, 0.2) is 43.0 Å². The number of nitrogens with two attached hydrogens (primary N) is 2. The van der Waals surface area contributed by atoms with Crippen molar-refractivity contribution in [3.8, 4) is 0 Å². The van der Waals surface area contributed by atoms with Crippen LogP contribution in [-0.2, 0) is 11.8 Å². The minimum Gasteiger partial charge on any atom is -0.404 e. The van der Waals surface area contributed by atoms with E-state index in [1.54, 1.807) is 36.1 Å². The lowest BCUT2D eigenvalue weighted by molar-refractivity contribution is -0.119. The van der Waals surface area contributed by atoms with Gasteiger partial charge in [-0.05, 0) is 12.5 Å². The number of anilines is 3. The number of amides is 1. The van der Waals surface area contributed by atoms with E-state index >= 15 is 0 Å². The van der Waals surface area contributed by atoms with Crippen molar-refractivity contribution >= 4 is 28.7 Å². The Morgan fingerprint density at radius 3 is 2.64 bits per heavy atom. The second-order valence-electron chi connectivity index (χ2n) is 7.73. The Kier molecular flexibility index (Phi) is 5.81. The van der Waals surface area contributed by atoms with Crippen molar-refractivity contribution in [2.24, 2.45) is 18.5 Å². The fourth-order valence-electron chi connectivity index (χ4n) is 3.95. The van der Waals surface area contributed by atoms with E-state index < -0.39 is 23.7 Å². The Balaban J connectivity index is 1.83. The first-order valence-corrected chi connectivity index (χ1v) is 10.3. The molecule has 2 unspecified atom stereocenters. The van der Waals surface area contributed by atoms with E-state index in [4.69, 9.17) is 11.5 Å². The first-order chi connectivity index (χ1) is 15.8. The lowest BCUT2D eigenvalue weighted by atomic mass is 9.98. The van der Waals surface area contributed by atoms with Crippen molar-refractivity contribution in [2.75, 3.05) is 16.8 Å². The number of nitrogens with zero attached hydrogens (tertiary/aromatic N) is 6. The van der Waals surface area contributed by atoms with E-state index in [1.165, 1.54) is 23.4 Å². The zero-order chi connectivity index (χ0) is 23.9. The average molecular weight is 454 g/mol. The molecule has 11 heteroatoms. The zero-order valence-corrected chi connectivity index (χ0v) is 18.4. The molecule has 1 aliphatic heterocycles. The smallest absolute Gasteiger partial charge is 0.250 e. The molecular weight excluding hydrogens is 430 g/mol. The second-order valence-corrected chi connectivity index (χ2v) is 7.73. The van der Waals surface area contributed by atoms with Gasteiger partial charge in [-0.25, -0.2) is 18.7 Å². The van der Waals surface area contributed by atoms with Gasteiger partial charge in [0, 0.05) is 43.7 Å². The normalized spacial score (nSPS) is 17.3. The van der Waals surface area contributed by atoms with Crippen LogP contribution in [-0.4, -0.2) is 38.7 Å². The summed E-state index contributed by atoms with van der Waals surface area (Å²) in [5.41, 5.74) is 13.6. The van der Waals surface area contributed by atoms with Gasteiger partial charge in [-0.3, -0.25) is 9.48 Å². The van der Waals surface area contributed by atoms with E-state index in [0.717, 1.165) is 12.1 Å². The summed E-state index contributed by atoms with van der Waals surface area (Å²) in [6, 6.07) is 1.59. The molecule has 0 radical (unpaired) electrons. The summed E-state index contributed by atoms with van der Waals surface area (Å²) in [5, 5.41) is 4.22. The summed E-state index contributed by atoms with van der Waals surface area (Å²) in [6.45, 7) is 1.91. The molecule has 0 bridgehead atoms. The van der Waals surface area contributed by atoms with E-state index in [-0.39, 0.29) is 22.9 Å². The highest BCUT2D eigenvalue weighted by Gasteiger charge is 2.38. The van der Waals surface area contributed by atoms with E-state index in [0.29, 0.717) is 23.6 Å². The van der Waals surface area contributed by atoms with Gasteiger partial charge in [-0.2, -0.15) is 5.10 Å². The van der Waals surface area contributed by atoms with Crippen molar-refractivity contribution in [3.63, 3.8) is 0 Å². The summed E-state index contributed by atoms with van der Waals surface area (Å²) in [4.78, 5) is 25.4. The predicted molar refractivity (Wildman–Crippen MR) is 120 cm³/mol. The Hall–Kier alpha value is -3.86. The Morgan fingerprint density at radius 1 is 1.27 bits per heavy atom. The van der Waals surface area contributed by atoms with Crippen LogP contribution >= 0.6 is 0 Å². The third-order valence-corrected chi connectivity index (χ3v) is 5.69. The quantitative estimate of drug-likeness (QED) is 0.607. The Bertz CT molecular complexity index is 1240. The molecule has 0 fully saturated rings. The minimum atomic E-state index is -1.04. The standard InChI is InChI=1S/C22H24F2N8O/c1-4-17-22(33)31(3)18-10-27-20(29-21(18)32(17)13-9-28-30(2)11-13)15(8-25)19(26)14-6-5-12(23)7-16(14)24/h5-11,17,19H,4,25-26H2,1-3H3/b15-8+. The number of hydrogen-bond donors (Lipinski definition) is 2. The summed E-state index contributed by atoms with van der Waals surface area (Å²) >= 11 is 0. The van der Waals surface area contributed by atoms with Crippen LogP contribution in [0.1, 0.15) is 30.8 Å². The summed E-state index contributed by atoms with van der Waals surface area (Å²) < 4.78 is 29.4. The molecule has 172 valence electrons. The summed E-state index contributed by atoms with van der Waals surface area (Å²) in [7, 11) is 3.44. The maximum atomic E-state index is 14.4. The van der Waals surface area contributed by atoms with Crippen LogP contribution in [0, 0.1) is 11.6 Å². The predicted octanol–water partition coefficient (Wildman–Crippen LogP) is 2.38. The lowest BCUT2D eigenvalue weighted by Gasteiger charge is -2.39. The molecule has 1 aliphatic rings. The molecule has 4 rings (SSSR count). The van der Waals surface area contributed by atoms with Gasteiger partial charge in [-0.1, -0.05) is 13.0 Å². The highest BCUT2D eigenvalue weighted by Crippen LogP contribution is 2.40. The summed E-state index contributed by atoms with van der Waals surface area (Å²) in [6.07, 6.45) is 6.66. The molecule has 0 saturated heterocycles. The lowest BCUT2D eigenvalue weighted by Crippen LogP contribution is -2.50. The number of aromatic nitrogens is 4. The maximum absolute atomic E-state index is 14.4. The molecule has 2 aromatic heterocycles. The Morgan fingerprint density at radius 2 is 2.03 bits per heavy atom. The van der Waals surface area contributed by atoms with Crippen LogP contribution in [0.4, 0.5) is 26.0 Å². The van der Waals surface area contributed by atoms with E-state index in [9.17, 15) is 13.6 Å². The minimum absolute atomic E-state index is 0.0530. The van der Waals surface area contributed by atoms with Crippen LogP contribution in [0.2, 0.25) is 0 Å². The molecule has 1 amide bonds. The number of rotatable bonds is 5. The molecule has 9 nitrogen and oxygen atoms in total. The largest absolute Gasteiger partial charge is 0.404 e. The highest BCUT2D eigenvalue weighted by molar-refractivity contribution is 6.06. The van der Waals surface area contributed by atoms with Gasteiger partial charge >= 0.3 is 0 Å². The number of likely N-dealkylation sites (N-methyl/N-ethyl adjacent to an activating group) is 1. The third kappa shape index (κ3) is 3.80. The van der Waals surface area contributed by atoms with Crippen molar-refractivity contribution < 1.29 is 13.6 Å². The van der Waals surface area contributed by atoms with E-state index in [2.05, 4.69) is 15.1 Å². The molecule has 4 N–H and O–H groups in total. The van der Waals surface area contributed by atoms with Gasteiger partial charge in [0.1, 0.15) is 23.4 Å². The van der Waals surface area contributed by atoms with E-state index in [1.807, 2.05) is 6.92 Å². The number of fused-ring (bicyclic) bond motifs is 1. The van der Waals surface area contributed by atoms with Gasteiger partial charge in [0.2, 0.25) is 5.91 Å². The highest BCUT2D eigenvalue weighted by atomic mass is 19.1. The molecule has 3 aromatic rings. The molecule has 0 aliphatic carbocycles. The Labute approximate surface area is 189 Å². The number of hydrogen-bond acceptors (Lipinski definition) is 7. The first kappa shape index (κ1) is 22.3. The number of carbonyl (C=O) groups is 1. The van der Waals surface area contributed by atoms with Crippen molar-refractivity contribution in [3.05, 3.63) is 66.0 Å². The van der Waals surface area contributed by atoms with Gasteiger partial charge in [0.15, 0.2) is 11.6 Å². The SMILES string of the molecule is CCC1C(=O)N(C)c2cnc(/C(=C/N)C(N)c3ccc(F)cc3F)nc2N1c1cnn(C)c1. The fourth-order valence-corrected chi connectivity index (χ4v) is 3.95. The summed E-state index contributed by atoms with van der Waals surface area (Å²) in [5.74, 6) is -0.984. The van der Waals surface area contributed by atoms with Crippen LogP contribution in [0.25, 0.3) is 5.57 Å². The number of benzene rings is 1. The third-order valence-electron chi connectivity index (χ3n) is 5.69. The maximum Gasteiger partial charge on any atom is 0.250 e. The van der Waals surface area contributed by atoms with Crippen molar-refractivity contribution in [1.82, 2.24) is 19.7 Å². The van der Waals surface area contributed by atoms with Crippen LogP contribution < -0.4 is 21.3 Å². The molecule has 3 heterocycles. The molecule has 0 spiro atoms. The molecule has 1 aromatic carbocycles.